The third kappa shape index (κ3) is 2.50. The van der Waals surface area contributed by atoms with Gasteiger partial charge in [0.2, 0.25) is 5.75 Å². The Kier molecular flexibility index (Phi) is 3.61. The maximum atomic E-state index is 5.61. The predicted molar refractivity (Wildman–Crippen MR) is 66.0 cm³/mol. The molecule has 96 valence electrons. The molecule has 1 N–H and O–H groups in total. The highest BCUT2D eigenvalue weighted by atomic mass is 16.5. The molecule has 7 heteroatoms. The summed E-state index contributed by atoms with van der Waals surface area (Å²) in [5, 5.41) is 7.10. The fourth-order valence-electron chi connectivity index (χ4n) is 1.47. The SMILES string of the molecule is CCNc1ncnc(Oc2cnn(C)c2)c1OC. The Bertz CT molecular complexity index is 526. The van der Waals surface area contributed by atoms with Crippen molar-refractivity contribution in [2.75, 3.05) is 19.0 Å². The van der Waals surface area contributed by atoms with Gasteiger partial charge in [0.25, 0.3) is 5.88 Å². The molecular formula is C11H15N5O2. The molecule has 0 bridgehead atoms. The van der Waals surface area contributed by atoms with Crippen LogP contribution in [0.2, 0.25) is 0 Å². The van der Waals surface area contributed by atoms with Crippen LogP contribution in [0.15, 0.2) is 18.7 Å². The van der Waals surface area contributed by atoms with Gasteiger partial charge in [-0.2, -0.15) is 10.1 Å². The molecule has 0 aliphatic carbocycles. The average molecular weight is 249 g/mol. The van der Waals surface area contributed by atoms with Gasteiger partial charge in [-0.1, -0.05) is 0 Å². The zero-order valence-electron chi connectivity index (χ0n) is 10.5. The Hall–Kier alpha value is -2.31. The molecule has 0 radical (unpaired) electrons. The smallest absolute Gasteiger partial charge is 0.268 e. The molecule has 0 aliphatic heterocycles. The standard InChI is InChI=1S/C11H15N5O2/c1-4-12-10-9(17-3)11(14-7-13-10)18-8-5-15-16(2)6-8/h5-7H,4H2,1-3H3,(H,12,13,14). The number of aryl methyl sites for hydroxylation is 1. The van der Waals surface area contributed by atoms with Crippen molar-refractivity contribution in [1.82, 2.24) is 19.7 Å². The molecule has 2 aromatic heterocycles. The average Bonchev–Trinajstić information content (AvgIpc) is 2.76. The Labute approximate surface area is 105 Å². The highest BCUT2D eigenvalue weighted by Crippen LogP contribution is 2.33. The number of hydrogen-bond acceptors (Lipinski definition) is 6. The van der Waals surface area contributed by atoms with Gasteiger partial charge in [-0.3, -0.25) is 4.68 Å². The van der Waals surface area contributed by atoms with E-state index in [1.54, 1.807) is 24.2 Å². The lowest BCUT2D eigenvalue weighted by molar-refractivity contribution is 0.369. The molecule has 2 aromatic rings. The number of nitrogens with zero attached hydrogens (tertiary/aromatic N) is 4. The minimum Gasteiger partial charge on any atom is -0.489 e. The number of ether oxygens (including phenoxy) is 2. The van der Waals surface area contributed by atoms with Crippen molar-refractivity contribution in [3.05, 3.63) is 18.7 Å². The van der Waals surface area contributed by atoms with Gasteiger partial charge < -0.3 is 14.8 Å². The Morgan fingerprint density at radius 3 is 2.83 bits per heavy atom. The van der Waals surface area contributed by atoms with Crippen LogP contribution in [0.4, 0.5) is 5.82 Å². The van der Waals surface area contributed by atoms with Crippen LogP contribution in [-0.2, 0) is 7.05 Å². The minimum atomic E-state index is 0.358. The van der Waals surface area contributed by atoms with E-state index < -0.39 is 0 Å². The zero-order valence-corrected chi connectivity index (χ0v) is 10.5. The number of aromatic nitrogens is 4. The molecule has 7 nitrogen and oxygen atoms in total. The summed E-state index contributed by atoms with van der Waals surface area (Å²) in [6.07, 6.45) is 4.77. The summed E-state index contributed by atoms with van der Waals surface area (Å²) in [5.41, 5.74) is 0. The van der Waals surface area contributed by atoms with Crippen LogP contribution in [-0.4, -0.2) is 33.4 Å². The molecule has 0 spiro atoms. The Morgan fingerprint density at radius 1 is 1.39 bits per heavy atom. The molecule has 0 saturated heterocycles. The summed E-state index contributed by atoms with van der Waals surface area (Å²) in [5.74, 6) is 2.03. The van der Waals surface area contributed by atoms with Crippen molar-refractivity contribution < 1.29 is 9.47 Å². The monoisotopic (exact) mass is 249 g/mol. The van der Waals surface area contributed by atoms with Crippen molar-refractivity contribution >= 4 is 5.82 Å². The Morgan fingerprint density at radius 2 is 2.22 bits per heavy atom. The first kappa shape index (κ1) is 12.2. The third-order valence-electron chi connectivity index (χ3n) is 2.22. The summed E-state index contributed by atoms with van der Waals surface area (Å²) >= 11 is 0. The number of hydrogen-bond donors (Lipinski definition) is 1. The number of methoxy groups -OCH3 is 1. The van der Waals surface area contributed by atoms with E-state index in [4.69, 9.17) is 9.47 Å². The highest BCUT2D eigenvalue weighted by Gasteiger charge is 2.14. The van der Waals surface area contributed by atoms with Gasteiger partial charge in [0.1, 0.15) is 6.33 Å². The molecule has 0 saturated carbocycles. The molecule has 0 atom stereocenters. The van der Waals surface area contributed by atoms with Crippen LogP contribution in [0.25, 0.3) is 0 Å². The first-order chi connectivity index (χ1) is 8.74. The second-order valence-electron chi connectivity index (χ2n) is 3.54. The fourth-order valence-corrected chi connectivity index (χ4v) is 1.47. The zero-order chi connectivity index (χ0) is 13.0. The van der Waals surface area contributed by atoms with Crippen LogP contribution in [0, 0.1) is 0 Å². The first-order valence-electron chi connectivity index (χ1n) is 5.54. The van der Waals surface area contributed by atoms with Crippen LogP contribution in [0.5, 0.6) is 17.4 Å². The van der Waals surface area contributed by atoms with Crippen molar-refractivity contribution in [2.45, 2.75) is 6.92 Å². The van der Waals surface area contributed by atoms with Crippen molar-refractivity contribution in [1.29, 1.82) is 0 Å². The van der Waals surface area contributed by atoms with Gasteiger partial charge in [-0.05, 0) is 6.92 Å². The van der Waals surface area contributed by atoms with Gasteiger partial charge in [0, 0.05) is 13.6 Å². The summed E-state index contributed by atoms with van der Waals surface area (Å²) in [7, 11) is 3.36. The first-order valence-corrected chi connectivity index (χ1v) is 5.54. The summed E-state index contributed by atoms with van der Waals surface area (Å²) in [6.45, 7) is 2.71. The van der Waals surface area contributed by atoms with Crippen molar-refractivity contribution in [3.8, 4) is 17.4 Å². The normalized spacial score (nSPS) is 10.2. The van der Waals surface area contributed by atoms with E-state index in [-0.39, 0.29) is 0 Å². The lowest BCUT2D eigenvalue weighted by Gasteiger charge is -2.11. The third-order valence-corrected chi connectivity index (χ3v) is 2.22. The molecule has 2 heterocycles. The topological polar surface area (TPSA) is 74.1 Å². The second-order valence-corrected chi connectivity index (χ2v) is 3.54. The molecule has 0 amide bonds. The van der Waals surface area contributed by atoms with E-state index in [1.165, 1.54) is 6.33 Å². The number of rotatable bonds is 5. The molecule has 0 aromatic carbocycles. The van der Waals surface area contributed by atoms with E-state index in [9.17, 15) is 0 Å². The van der Waals surface area contributed by atoms with E-state index in [0.717, 1.165) is 6.54 Å². The van der Waals surface area contributed by atoms with Gasteiger partial charge in [-0.25, -0.2) is 4.98 Å². The van der Waals surface area contributed by atoms with Gasteiger partial charge in [0.05, 0.1) is 19.5 Å². The highest BCUT2D eigenvalue weighted by molar-refractivity contribution is 5.55. The number of anilines is 1. The lowest BCUT2D eigenvalue weighted by Crippen LogP contribution is -2.04. The van der Waals surface area contributed by atoms with Crippen LogP contribution in [0.1, 0.15) is 6.92 Å². The molecule has 0 fully saturated rings. The van der Waals surface area contributed by atoms with Crippen molar-refractivity contribution in [2.24, 2.45) is 7.05 Å². The van der Waals surface area contributed by atoms with Gasteiger partial charge in [-0.15, -0.1) is 0 Å². The van der Waals surface area contributed by atoms with Gasteiger partial charge in [0.15, 0.2) is 11.6 Å². The molecule has 0 unspecified atom stereocenters. The largest absolute Gasteiger partial charge is 0.489 e. The Balaban J connectivity index is 2.29. The fraction of sp³-hybridized carbons (Fsp3) is 0.364. The number of nitrogens with one attached hydrogen (secondary N) is 1. The van der Waals surface area contributed by atoms with E-state index in [2.05, 4.69) is 20.4 Å². The summed E-state index contributed by atoms with van der Waals surface area (Å²) < 4.78 is 12.5. The maximum Gasteiger partial charge on any atom is 0.268 e. The van der Waals surface area contributed by atoms with E-state index in [0.29, 0.717) is 23.2 Å². The second kappa shape index (κ2) is 5.35. The summed E-state index contributed by atoms with van der Waals surface area (Å²) in [6, 6.07) is 0. The van der Waals surface area contributed by atoms with E-state index in [1.807, 2.05) is 14.0 Å². The minimum absolute atomic E-state index is 0.358. The molecular weight excluding hydrogens is 234 g/mol. The van der Waals surface area contributed by atoms with E-state index >= 15 is 0 Å². The summed E-state index contributed by atoms with van der Waals surface area (Å²) in [4.78, 5) is 8.16. The van der Waals surface area contributed by atoms with Crippen LogP contribution < -0.4 is 14.8 Å². The molecule has 0 aliphatic rings. The predicted octanol–water partition coefficient (Wildman–Crippen LogP) is 1.44. The van der Waals surface area contributed by atoms with Gasteiger partial charge >= 0.3 is 0 Å². The quantitative estimate of drug-likeness (QED) is 0.864. The van der Waals surface area contributed by atoms with Crippen LogP contribution >= 0.6 is 0 Å². The lowest BCUT2D eigenvalue weighted by atomic mass is 10.4. The molecule has 2 rings (SSSR count). The maximum absolute atomic E-state index is 5.61. The van der Waals surface area contributed by atoms with Crippen LogP contribution in [0.3, 0.4) is 0 Å². The van der Waals surface area contributed by atoms with Crippen molar-refractivity contribution in [3.63, 3.8) is 0 Å². The molecule has 18 heavy (non-hydrogen) atoms.